The summed E-state index contributed by atoms with van der Waals surface area (Å²) in [5, 5.41) is 0. The van der Waals surface area contributed by atoms with Crippen LogP contribution in [-0.2, 0) is 16.0 Å². The molecule has 0 aliphatic carbocycles. The van der Waals surface area contributed by atoms with E-state index < -0.39 is 0 Å². The van der Waals surface area contributed by atoms with E-state index in [1.165, 1.54) is 5.56 Å². The lowest BCUT2D eigenvalue weighted by Gasteiger charge is -2.42. The van der Waals surface area contributed by atoms with E-state index in [2.05, 4.69) is 26.0 Å². The van der Waals surface area contributed by atoms with Gasteiger partial charge >= 0.3 is 0 Å². The summed E-state index contributed by atoms with van der Waals surface area (Å²) in [6.45, 7) is 6.12. The fourth-order valence-corrected chi connectivity index (χ4v) is 2.35. The van der Waals surface area contributed by atoms with E-state index in [1.54, 1.807) is 0 Å². The molecule has 98 valence electrons. The summed E-state index contributed by atoms with van der Waals surface area (Å²) in [6, 6.07) is 10.2. The van der Waals surface area contributed by atoms with E-state index in [1.807, 2.05) is 23.1 Å². The fourth-order valence-electron chi connectivity index (χ4n) is 2.35. The molecule has 0 unspecified atom stereocenters. The Morgan fingerprint density at radius 2 is 2.06 bits per heavy atom. The third-order valence-electron chi connectivity index (χ3n) is 3.42. The van der Waals surface area contributed by atoms with E-state index in [0.717, 1.165) is 6.42 Å². The number of ether oxygens (including phenoxy) is 1. The van der Waals surface area contributed by atoms with Crippen molar-refractivity contribution in [3.63, 3.8) is 0 Å². The number of nitrogens with zero attached hydrogens (tertiary/aromatic N) is 1. The molecule has 0 atom stereocenters. The monoisotopic (exact) mass is 247 g/mol. The largest absolute Gasteiger partial charge is 0.377 e. The molecule has 0 aromatic heterocycles. The Balaban J connectivity index is 1.91. The van der Waals surface area contributed by atoms with Gasteiger partial charge in [0.2, 0.25) is 5.91 Å². The third kappa shape index (κ3) is 3.10. The molecule has 0 radical (unpaired) electrons. The van der Waals surface area contributed by atoms with E-state index in [0.29, 0.717) is 26.2 Å². The van der Waals surface area contributed by atoms with Gasteiger partial charge in [0.15, 0.2) is 0 Å². The topological polar surface area (TPSA) is 29.5 Å². The molecule has 0 spiro atoms. The summed E-state index contributed by atoms with van der Waals surface area (Å²) in [7, 11) is 0. The van der Waals surface area contributed by atoms with Gasteiger partial charge in [-0.3, -0.25) is 4.79 Å². The Morgan fingerprint density at radius 1 is 1.33 bits per heavy atom. The number of rotatable bonds is 3. The van der Waals surface area contributed by atoms with Crippen molar-refractivity contribution in [3.8, 4) is 0 Å². The average Bonchev–Trinajstić information content (AvgIpc) is 2.37. The van der Waals surface area contributed by atoms with Gasteiger partial charge in [0, 0.05) is 13.0 Å². The molecule has 1 aromatic carbocycles. The second kappa shape index (κ2) is 5.53. The van der Waals surface area contributed by atoms with Crippen LogP contribution < -0.4 is 0 Å². The van der Waals surface area contributed by atoms with Gasteiger partial charge in [-0.05, 0) is 25.8 Å². The second-order valence-corrected chi connectivity index (χ2v) is 5.40. The van der Waals surface area contributed by atoms with Crippen molar-refractivity contribution >= 4 is 5.91 Å². The summed E-state index contributed by atoms with van der Waals surface area (Å²) >= 11 is 0. The van der Waals surface area contributed by atoms with Gasteiger partial charge in [0.25, 0.3) is 0 Å². The Morgan fingerprint density at radius 3 is 2.72 bits per heavy atom. The van der Waals surface area contributed by atoms with Crippen LogP contribution >= 0.6 is 0 Å². The molecule has 0 N–H and O–H groups in total. The first kappa shape index (κ1) is 13.1. The van der Waals surface area contributed by atoms with Crippen molar-refractivity contribution < 1.29 is 9.53 Å². The normalized spacial score (nSPS) is 18.7. The highest BCUT2D eigenvalue weighted by Gasteiger charge is 2.33. The average molecular weight is 247 g/mol. The number of carbonyl (C=O) groups excluding carboxylic acids is 1. The van der Waals surface area contributed by atoms with Crippen LogP contribution in [0.2, 0.25) is 0 Å². The number of benzene rings is 1. The predicted octanol–water partition coefficient (Wildman–Crippen LogP) is 2.26. The molecular weight excluding hydrogens is 226 g/mol. The van der Waals surface area contributed by atoms with Crippen molar-refractivity contribution in [1.82, 2.24) is 4.90 Å². The molecule has 1 fully saturated rings. The summed E-state index contributed by atoms with van der Waals surface area (Å²) in [4.78, 5) is 14.2. The second-order valence-electron chi connectivity index (χ2n) is 5.40. The van der Waals surface area contributed by atoms with Crippen LogP contribution in [0.3, 0.4) is 0 Å². The molecule has 1 aromatic rings. The summed E-state index contributed by atoms with van der Waals surface area (Å²) < 4.78 is 5.43. The molecule has 0 saturated carbocycles. The Kier molecular flexibility index (Phi) is 4.02. The van der Waals surface area contributed by atoms with Gasteiger partial charge in [-0.1, -0.05) is 30.3 Å². The number of aryl methyl sites for hydroxylation is 1. The molecular formula is C15H21NO2. The lowest BCUT2D eigenvalue weighted by Crippen LogP contribution is -2.55. The van der Waals surface area contributed by atoms with E-state index in [9.17, 15) is 4.79 Å². The maximum absolute atomic E-state index is 12.3. The standard InChI is InChI=1S/C15H21NO2/c1-15(2)12-18-11-10-16(15)14(17)9-8-13-6-4-3-5-7-13/h3-7H,8-12H2,1-2H3. The molecule has 1 saturated heterocycles. The lowest BCUT2D eigenvalue weighted by atomic mass is 10.0. The van der Waals surface area contributed by atoms with Crippen LogP contribution in [0.15, 0.2) is 30.3 Å². The van der Waals surface area contributed by atoms with Crippen molar-refractivity contribution in [2.24, 2.45) is 0 Å². The summed E-state index contributed by atoms with van der Waals surface area (Å²) in [5.74, 6) is 0.229. The maximum atomic E-state index is 12.3. The minimum absolute atomic E-state index is 0.175. The van der Waals surface area contributed by atoms with Crippen LogP contribution in [0, 0.1) is 0 Å². The fraction of sp³-hybridized carbons (Fsp3) is 0.533. The third-order valence-corrected chi connectivity index (χ3v) is 3.42. The minimum atomic E-state index is -0.175. The van der Waals surface area contributed by atoms with Gasteiger partial charge in [0.1, 0.15) is 0 Å². The summed E-state index contributed by atoms with van der Waals surface area (Å²) in [5.41, 5.74) is 1.04. The van der Waals surface area contributed by atoms with Gasteiger partial charge in [-0.15, -0.1) is 0 Å². The van der Waals surface area contributed by atoms with Crippen LogP contribution in [0.25, 0.3) is 0 Å². The van der Waals surface area contributed by atoms with Crippen LogP contribution in [0.4, 0.5) is 0 Å². The number of amides is 1. The first-order valence-corrected chi connectivity index (χ1v) is 6.52. The highest BCUT2D eigenvalue weighted by Crippen LogP contribution is 2.20. The van der Waals surface area contributed by atoms with Crippen LogP contribution in [-0.4, -0.2) is 36.1 Å². The number of hydrogen-bond donors (Lipinski definition) is 0. The van der Waals surface area contributed by atoms with Crippen molar-refractivity contribution in [2.45, 2.75) is 32.2 Å². The molecule has 1 aliphatic heterocycles. The molecule has 3 nitrogen and oxygen atoms in total. The van der Waals surface area contributed by atoms with Crippen LogP contribution in [0.5, 0.6) is 0 Å². The maximum Gasteiger partial charge on any atom is 0.223 e. The lowest BCUT2D eigenvalue weighted by molar-refractivity contribution is -0.146. The molecule has 18 heavy (non-hydrogen) atoms. The Labute approximate surface area is 109 Å². The SMILES string of the molecule is CC1(C)COCCN1C(=O)CCc1ccccc1. The quantitative estimate of drug-likeness (QED) is 0.820. The van der Waals surface area contributed by atoms with Gasteiger partial charge in [-0.25, -0.2) is 0 Å². The zero-order valence-corrected chi connectivity index (χ0v) is 11.2. The van der Waals surface area contributed by atoms with Crippen LogP contribution in [0.1, 0.15) is 25.8 Å². The highest BCUT2D eigenvalue weighted by atomic mass is 16.5. The van der Waals surface area contributed by atoms with Gasteiger partial charge < -0.3 is 9.64 Å². The molecule has 1 aliphatic rings. The smallest absolute Gasteiger partial charge is 0.223 e. The van der Waals surface area contributed by atoms with E-state index in [-0.39, 0.29) is 11.4 Å². The molecule has 1 heterocycles. The van der Waals surface area contributed by atoms with Crippen molar-refractivity contribution in [1.29, 1.82) is 0 Å². The molecule has 3 heteroatoms. The van der Waals surface area contributed by atoms with E-state index >= 15 is 0 Å². The first-order chi connectivity index (χ1) is 8.59. The summed E-state index contributed by atoms with van der Waals surface area (Å²) in [6.07, 6.45) is 1.39. The zero-order chi connectivity index (χ0) is 13.0. The number of carbonyl (C=O) groups is 1. The number of morpholine rings is 1. The van der Waals surface area contributed by atoms with Gasteiger partial charge in [-0.2, -0.15) is 0 Å². The van der Waals surface area contributed by atoms with Crippen molar-refractivity contribution in [3.05, 3.63) is 35.9 Å². The Bertz CT molecular complexity index is 400. The molecule has 0 bridgehead atoms. The first-order valence-electron chi connectivity index (χ1n) is 6.52. The predicted molar refractivity (Wildman–Crippen MR) is 71.4 cm³/mol. The minimum Gasteiger partial charge on any atom is -0.377 e. The molecule has 2 rings (SSSR count). The van der Waals surface area contributed by atoms with Gasteiger partial charge in [0.05, 0.1) is 18.8 Å². The highest BCUT2D eigenvalue weighted by molar-refractivity contribution is 5.77. The van der Waals surface area contributed by atoms with E-state index in [4.69, 9.17) is 4.74 Å². The van der Waals surface area contributed by atoms with Crippen molar-refractivity contribution in [2.75, 3.05) is 19.8 Å². The number of hydrogen-bond acceptors (Lipinski definition) is 2. The molecule has 1 amide bonds. The Hall–Kier alpha value is -1.35. The zero-order valence-electron chi connectivity index (χ0n) is 11.2.